The number of benzene rings is 1. The second-order valence-electron chi connectivity index (χ2n) is 4.11. The van der Waals surface area contributed by atoms with Crippen LogP contribution in [0.1, 0.15) is 32.3 Å². The third kappa shape index (κ3) is 6.74. The fourth-order valence-electron chi connectivity index (χ4n) is 1.30. The Hall–Kier alpha value is -1.77. The van der Waals surface area contributed by atoms with Gasteiger partial charge in [0.25, 0.3) is 0 Å². The van der Waals surface area contributed by atoms with Crippen molar-refractivity contribution in [3.8, 4) is 11.5 Å². The zero-order chi connectivity index (χ0) is 14.0. The zero-order valence-electron chi connectivity index (χ0n) is 11.4. The number of phenols is 2. The normalized spacial score (nSPS) is 11.7. The summed E-state index contributed by atoms with van der Waals surface area (Å²) in [6.45, 7) is 5.85. The number of phenolic OH excluding ortho intramolecular Hbond substituents is 2. The van der Waals surface area contributed by atoms with Gasteiger partial charge in [-0.05, 0) is 62.6 Å². The molecular formula is C15H23NO2. The molecule has 3 nitrogen and oxygen atoms in total. The van der Waals surface area contributed by atoms with E-state index in [-0.39, 0.29) is 11.5 Å². The second-order valence-corrected chi connectivity index (χ2v) is 4.11. The first-order chi connectivity index (χ1) is 8.54. The Morgan fingerprint density at radius 3 is 2.39 bits per heavy atom. The van der Waals surface area contributed by atoms with Crippen molar-refractivity contribution < 1.29 is 10.2 Å². The SMILES string of the molecule is C/C=C\CC(C=N)CC.Cc1cc(O)ccc1O. The molecule has 1 atom stereocenters. The molecule has 0 bridgehead atoms. The third-order valence-corrected chi connectivity index (χ3v) is 2.61. The molecule has 1 unspecified atom stereocenters. The van der Waals surface area contributed by atoms with E-state index < -0.39 is 0 Å². The van der Waals surface area contributed by atoms with Gasteiger partial charge >= 0.3 is 0 Å². The number of hydrogen-bond acceptors (Lipinski definition) is 3. The highest BCUT2D eigenvalue weighted by Crippen LogP contribution is 2.19. The maximum absolute atomic E-state index is 8.93. The largest absolute Gasteiger partial charge is 0.508 e. The van der Waals surface area contributed by atoms with Gasteiger partial charge in [-0.3, -0.25) is 0 Å². The van der Waals surface area contributed by atoms with E-state index in [0.717, 1.165) is 12.8 Å². The van der Waals surface area contributed by atoms with Crippen molar-refractivity contribution in [2.75, 3.05) is 0 Å². The van der Waals surface area contributed by atoms with Gasteiger partial charge in [0.2, 0.25) is 0 Å². The number of nitrogens with one attached hydrogen (secondary N) is 1. The van der Waals surface area contributed by atoms with Crippen molar-refractivity contribution in [2.45, 2.75) is 33.6 Å². The van der Waals surface area contributed by atoms with Crippen LogP contribution in [0.15, 0.2) is 30.4 Å². The number of aryl methyl sites for hydroxylation is 1. The van der Waals surface area contributed by atoms with E-state index in [9.17, 15) is 0 Å². The van der Waals surface area contributed by atoms with Crippen LogP contribution >= 0.6 is 0 Å². The highest BCUT2D eigenvalue weighted by Gasteiger charge is 1.96. The molecule has 1 aromatic rings. The quantitative estimate of drug-likeness (QED) is 0.428. The smallest absolute Gasteiger partial charge is 0.118 e. The lowest BCUT2D eigenvalue weighted by molar-refractivity contribution is 0.456. The monoisotopic (exact) mass is 249 g/mol. The van der Waals surface area contributed by atoms with Gasteiger partial charge < -0.3 is 15.6 Å². The summed E-state index contributed by atoms with van der Waals surface area (Å²) in [6, 6.07) is 4.42. The van der Waals surface area contributed by atoms with Gasteiger partial charge in [-0.1, -0.05) is 19.1 Å². The summed E-state index contributed by atoms with van der Waals surface area (Å²) < 4.78 is 0. The summed E-state index contributed by atoms with van der Waals surface area (Å²) in [7, 11) is 0. The lowest BCUT2D eigenvalue weighted by Crippen LogP contribution is -1.96. The summed E-state index contributed by atoms with van der Waals surface area (Å²) in [5, 5.41) is 24.7. The molecule has 0 amide bonds. The van der Waals surface area contributed by atoms with E-state index in [1.165, 1.54) is 24.4 Å². The average molecular weight is 249 g/mol. The Morgan fingerprint density at radius 1 is 1.33 bits per heavy atom. The van der Waals surface area contributed by atoms with Crippen LogP contribution in [-0.2, 0) is 0 Å². The van der Waals surface area contributed by atoms with Gasteiger partial charge in [0.1, 0.15) is 11.5 Å². The van der Waals surface area contributed by atoms with Crippen LogP contribution in [0.4, 0.5) is 0 Å². The van der Waals surface area contributed by atoms with Crippen molar-refractivity contribution in [1.82, 2.24) is 0 Å². The molecule has 0 aromatic heterocycles. The molecule has 1 aromatic carbocycles. The highest BCUT2D eigenvalue weighted by molar-refractivity contribution is 5.56. The van der Waals surface area contributed by atoms with Crippen LogP contribution in [0.5, 0.6) is 11.5 Å². The van der Waals surface area contributed by atoms with E-state index in [2.05, 4.69) is 13.0 Å². The Labute approximate surface area is 109 Å². The molecule has 0 heterocycles. The molecular weight excluding hydrogens is 226 g/mol. The van der Waals surface area contributed by atoms with Crippen molar-refractivity contribution in [3.05, 3.63) is 35.9 Å². The van der Waals surface area contributed by atoms with E-state index in [4.69, 9.17) is 15.6 Å². The molecule has 1 rings (SSSR count). The Bertz CT molecular complexity index is 386. The first kappa shape index (κ1) is 16.2. The van der Waals surface area contributed by atoms with E-state index in [1.54, 1.807) is 6.92 Å². The number of allylic oxidation sites excluding steroid dienone is 2. The van der Waals surface area contributed by atoms with Crippen LogP contribution in [0.3, 0.4) is 0 Å². The van der Waals surface area contributed by atoms with Crippen LogP contribution < -0.4 is 0 Å². The van der Waals surface area contributed by atoms with Gasteiger partial charge in [-0.25, -0.2) is 0 Å². The molecule has 0 saturated heterocycles. The Kier molecular flexibility index (Phi) is 8.37. The Balaban J connectivity index is 0.000000321. The molecule has 0 aliphatic rings. The van der Waals surface area contributed by atoms with Crippen LogP contribution in [0.25, 0.3) is 0 Å². The molecule has 0 saturated carbocycles. The molecule has 0 aliphatic heterocycles. The molecule has 0 fully saturated rings. The minimum atomic E-state index is 0.185. The molecule has 0 radical (unpaired) electrons. The number of rotatable bonds is 4. The van der Waals surface area contributed by atoms with E-state index in [0.29, 0.717) is 11.5 Å². The van der Waals surface area contributed by atoms with Crippen molar-refractivity contribution >= 4 is 6.21 Å². The Morgan fingerprint density at radius 2 is 2.00 bits per heavy atom. The number of aromatic hydroxyl groups is 2. The lowest BCUT2D eigenvalue weighted by Gasteiger charge is -2.01. The second kappa shape index (κ2) is 9.28. The summed E-state index contributed by atoms with van der Waals surface area (Å²) in [5.74, 6) is 0.860. The molecule has 0 aliphatic carbocycles. The standard InChI is InChI=1S/C8H15N.C7H8O2/c1-3-5-6-8(4-2)7-9;1-5-4-6(8)2-3-7(5)9/h3,5,7-9H,4,6H2,1-2H3;2-4,8-9H,1H3/b5-3-,9-7?;. The maximum atomic E-state index is 8.93. The van der Waals surface area contributed by atoms with Crippen molar-refractivity contribution in [2.24, 2.45) is 5.92 Å². The zero-order valence-corrected chi connectivity index (χ0v) is 11.4. The first-order valence-electron chi connectivity index (χ1n) is 6.15. The minimum absolute atomic E-state index is 0.185. The first-order valence-corrected chi connectivity index (χ1v) is 6.15. The fourth-order valence-corrected chi connectivity index (χ4v) is 1.30. The number of hydrogen-bond donors (Lipinski definition) is 3. The van der Waals surface area contributed by atoms with Gasteiger partial charge in [-0.2, -0.15) is 0 Å². The van der Waals surface area contributed by atoms with Gasteiger partial charge in [0, 0.05) is 0 Å². The van der Waals surface area contributed by atoms with Crippen LogP contribution in [-0.4, -0.2) is 16.4 Å². The highest BCUT2D eigenvalue weighted by atomic mass is 16.3. The van der Waals surface area contributed by atoms with Crippen LogP contribution in [0.2, 0.25) is 0 Å². The molecule has 3 heteroatoms. The average Bonchev–Trinajstić information content (AvgIpc) is 2.36. The third-order valence-electron chi connectivity index (χ3n) is 2.61. The van der Waals surface area contributed by atoms with Crippen molar-refractivity contribution in [3.63, 3.8) is 0 Å². The molecule has 100 valence electrons. The predicted octanol–water partition coefficient (Wildman–Crippen LogP) is 4.03. The molecule has 0 spiro atoms. The van der Waals surface area contributed by atoms with Gasteiger partial charge in [-0.15, -0.1) is 0 Å². The van der Waals surface area contributed by atoms with Crippen LogP contribution in [0, 0.1) is 18.3 Å². The van der Waals surface area contributed by atoms with E-state index >= 15 is 0 Å². The van der Waals surface area contributed by atoms with Gasteiger partial charge in [0.15, 0.2) is 0 Å². The predicted molar refractivity (Wildman–Crippen MR) is 76.5 cm³/mol. The van der Waals surface area contributed by atoms with Gasteiger partial charge in [0.05, 0.1) is 0 Å². The maximum Gasteiger partial charge on any atom is 0.118 e. The summed E-state index contributed by atoms with van der Waals surface area (Å²) in [4.78, 5) is 0. The van der Waals surface area contributed by atoms with E-state index in [1.807, 2.05) is 13.0 Å². The minimum Gasteiger partial charge on any atom is -0.508 e. The molecule has 18 heavy (non-hydrogen) atoms. The molecule has 3 N–H and O–H groups in total. The lowest BCUT2D eigenvalue weighted by atomic mass is 10.0. The van der Waals surface area contributed by atoms with Crippen molar-refractivity contribution in [1.29, 1.82) is 5.41 Å². The summed E-state index contributed by atoms with van der Waals surface area (Å²) in [6.07, 6.45) is 7.77. The fraction of sp³-hybridized carbons (Fsp3) is 0.400. The topological polar surface area (TPSA) is 64.3 Å². The summed E-state index contributed by atoms with van der Waals surface area (Å²) >= 11 is 0. The summed E-state index contributed by atoms with van der Waals surface area (Å²) in [5.41, 5.74) is 0.690.